The molecule has 2 bridgehead atoms. The number of ketones is 2. The Hall–Kier alpha value is 0.300. The van der Waals surface area contributed by atoms with Crippen molar-refractivity contribution in [3.8, 4) is 0 Å². The molecule has 15 heavy (non-hydrogen) atoms. The highest BCUT2D eigenvalue weighted by Gasteiger charge is 2.68. The fourth-order valence-corrected chi connectivity index (χ4v) is 4.47. The van der Waals surface area contributed by atoms with Crippen LogP contribution < -0.4 is 0 Å². The Kier molecular flexibility index (Phi) is 2.31. The van der Waals surface area contributed by atoms with E-state index in [1.807, 2.05) is 20.8 Å². The molecule has 2 aliphatic carbocycles. The highest BCUT2D eigenvalue weighted by atomic mass is 79.9. The number of hydrogen-bond donors (Lipinski definition) is 0. The Morgan fingerprint density at radius 1 is 1.20 bits per heavy atom. The third kappa shape index (κ3) is 1.15. The van der Waals surface area contributed by atoms with Crippen LogP contribution in [0, 0.1) is 16.7 Å². The standard InChI is InChI=1S/C11H14Br2O2/c1-9(2)6-4-5-10(9,3)8(15)11(12,13)7(6)14/h6H,4-5H2,1-3H3/t6-,10-/m0/s1. The van der Waals surface area contributed by atoms with Crippen LogP contribution in [0.4, 0.5) is 0 Å². The van der Waals surface area contributed by atoms with Crippen LogP contribution in [-0.4, -0.2) is 14.8 Å². The molecule has 0 aliphatic heterocycles. The monoisotopic (exact) mass is 336 g/mol. The van der Waals surface area contributed by atoms with Gasteiger partial charge < -0.3 is 0 Å². The van der Waals surface area contributed by atoms with Gasteiger partial charge in [0.2, 0.25) is 0 Å². The second-order valence-electron chi connectivity index (χ2n) is 5.41. The van der Waals surface area contributed by atoms with E-state index in [0.717, 1.165) is 12.8 Å². The number of fused-ring (bicyclic) bond motifs is 2. The molecule has 2 atom stereocenters. The zero-order valence-corrected chi connectivity index (χ0v) is 12.2. The van der Waals surface area contributed by atoms with Crippen molar-refractivity contribution in [1.29, 1.82) is 0 Å². The van der Waals surface area contributed by atoms with Crippen molar-refractivity contribution >= 4 is 43.4 Å². The average Bonchev–Trinajstić information content (AvgIpc) is 2.32. The summed E-state index contributed by atoms with van der Waals surface area (Å²) < 4.78 is -1.13. The van der Waals surface area contributed by atoms with Gasteiger partial charge in [-0.1, -0.05) is 52.6 Å². The van der Waals surface area contributed by atoms with Crippen LogP contribution in [-0.2, 0) is 9.59 Å². The normalized spacial score (nSPS) is 42.1. The van der Waals surface area contributed by atoms with E-state index in [1.165, 1.54) is 0 Å². The van der Waals surface area contributed by atoms with Crippen molar-refractivity contribution in [2.24, 2.45) is 16.7 Å². The number of carbonyl (C=O) groups excluding carboxylic acids is 2. The van der Waals surface area contributed by atoms with Crippen molar-refractivity contribution in [2.45, 2.75) is 36.8 Å². The zero-order valence-electron chi connectivity index (χ0n) is 9.06. The molecule has 2 aliphatic rings. The number of carbonyl (C=O) groups is 2. The van der Waals surface area contributed by atoms with Crippen LogP contribution in [0.15, 0.2) is 0 Å². The summed E-state index contributed by atoms with van der Waals surface area (Å²) in [4.78, 5) is 24.5. The molecule has 4 heteroatoms. The van der Waals surface area contributed by atoms with E-state index >= 15 is 0 Å². The van der Waals surface area contributed by atoms with E-state index in [0.29, 0.717) is 0 Å². The molecule has 0 unspecified atom stereocenters. The van der Waals surface area contributed by atoms with Crippen LogP contribution in [0.1, 0.15) is 33.6 Å². The molecule has 0 aromatic heterocycles. The Morgan fingerprint density at radius 2 is 1.73 bits per heavy atom. The largest absolute Gasteiger partial charge is 0.296 e. The number of halogens is 2. The third-order valence-electron chi connectivity index (χ3n) is 4.64. The van der Waals surface area contributed by atoms with Gasteiger partial charge in [-0.3, -0.25) is 9.59 Å². The summed E-state index contributed by atoms with van der Waals surface area (Å²) in [7, 11) is 0. The van der Waals surface area contributed by atoms with E-state index < -0.39 is 8.65 Å². The number of rotatable bonds is 0. The topological polar surface area (TPSA) is 34.1 Å². The molecule has 2 fully saturated rings. The maximum Gasteiger partial charge on any atom is 0.197 e. The van der Waals surface area contributed by atoms with Crippen molar-refractivity contribution < 1.29 is 9.59 Å². The van der Waals surface area contributed by atoms with Crippen molar-refractivity contribution in [2.75, 3.05) is 0 Å². The highest BCUT2D eigenvalue weighted by molar-refractivity contribution is 9.26. The minimum absolute atomic E-state index is 0.00697. The molecule has 0 saturated heterocycles. The first kappa shape index (κ1) is 11.8. The van der Waals surface area contributed by atoms with Gasteiger partial charge in [0.25, 0.3) is 0 Å². The maximum atomic E-state index is 12.3. The fraction of sp³-hybridized carbons (Fsp3) is 0.818. The van der Waals surface area contributed by atoms with Crippen LogP contribution in [0.25, 0.3) is 0 Å². The summed E-state index contributed by atoms with van der Waals surface area (Å²) in [5.41, 5.74) is -0.606. The third-order valence-corrected chi connectivity index (χ3v) is 6.14. The Morgan fingerprint density at radius 3 is 2.27 bits per heavy atom. The molecule has 0 N–H and O–H groups in total. The first-order chi connectivity index (χ1) is 6.65. The first-order valence-electron chi connectivity index (χ1n) is 5.13. The van der Waals surface area contributed by atoms with Gasteiger partial charge in [-0.05, 0) is 18.3 Å². The predicted molar refractivity (Wildman–Crippen MR) is 65.2 cm³/mol. The summed E-state index contributed by atoms with van der Waals surface area (Å²) in [5.74, 6) is -0.0369. The van der Waals surface area contributed by atoms with E-state index in [-0.39, 0.29) is 22.9 Å². The lowest BCUT2D eigenvalue weighted by atomic mass is 9.58. The summed E-state index contributed by atoms with van der Waals surface area (Å²) in [6, 6.07) is 0. The first-order valence-corrected chi connectivity index (χ1v) is 6.71. The summed E-state index contributed by atoms with van der Waals surface area (Å²) in [6.07, 6.45) is 1.64. The minimum atomic E-state index is -1.13. The van der Waals surface area contributed by atoms with Gasteiger partial charge in [-0.15, -0.1) is 0 Å². The predicted octanol–water partition coefficient (Wildman–Crippen LogP) is 3.07. The summed E-state index contributed by atoms with van der Waals surface area (Å²) >= 11 is 6.50. The molecule has 0 aromatic rings. The van der Waals surface area contributed by atoms with E-state index in [4.69, 9.17) is 0 Å². The molecule has 2 saturated carbocycles. The minimum Gasteiger partial charge on any atom is -0.296 e. The molecule has 0 heterocycles. The lowest BCUT2D eigenvalue weighted by molar-refractivity contribution is -0.146. The van der Waals surface area contributed by atoms with Gasteiger partial charge in [0.1, 0.15) is 0 Å². The molecule has 2 rings (SSSR count). The summed E-state index contributed by atoms with van der Waals surface area (Å²) in [5, 5.41) is 0. The smallest absolute Gasteiger partial charge is 0.197 e. The van der Waals surface area contributed by atoms with Gasteiger partial charge in [0.15, 0.2) is 14.8 Å². The van der Waals surface area contributed by atoms with Crippen molar-refractivity contribution in [3.63, 3.8) is 0 Å². The van der Waals surface area contributed by atoms with Gasteiger partial charge >= 0.3 is 0 Å². The van der Waals surface area contributed by atoms with E-state index in [2.05, 4.69) is 31.9 Å². The average molecular weight is 338 g/mol. The van der Waals surface area contributed by atoms with Crippen molar-refractivity contribution in [1.82, 2.24) is 0 Å². The zero-order chi connectivity index (χ0) is 11.6. The maximum absolute atomic E-state index is 12.3. The second-order valence-corrected chi connectivity index (χ2v) is 8.86. The molecule has 0 aromatic carbocycles. The molecule has 84 valence electrons. The number of Topliss-reactive ketones (excluding diaryl/α,β-unsaturated/α-hetero) is 2. The van der Waals surface area contributed by atoms with Crippen LogP contribution in [0.2, 0.25) is 0 Å². The molecule has 0 radical (unpaired) electrons. The molecule has 2 nitrogen and oxygen atoms in total. The molecular weight excluding hydrogens is 324 g/mol. The van der Waals surface area contributed by atoms with Crippen LogP contribution in [0.5, 0.6) is 0 Å². The second kappa shape index (κ2) is 2.95. The summed E-state index contributed by atoms with van der Waals surface area (Å²) in [6.45, 7) is 6.06. The Labute approximate surface area is 106 Å². The molecule has 0 spiro atoms. The Bertz CT molecular complexity index is 360. The van der Waals surface area contributed by atoms with Gasteiger partial charge in [-0.2, -0.15) is 0 Å². The van der Waals surface area contributed by atoms with Gasteiger partial charge in [0.05, 0.1) is 0 Å². The van der Waals surface area contributed by atoms with Crippen LogP contribution >= 0.6 is 31.9 Å². The number of hydrogen-bond acceptors (Lipinski definition) is 2. The molecular formula is C11H14Br2O2. The van der Waals surface area contributed by atoms with E-state index in [9.17, 15) is 9.59 Å². The molecule has 0 amide bonds. The fourth-order valence-electron chi connectivity index (χ4n) is 3.04. The highest BCUT2D eigenvalue weighted by Crippen LogP contribution is 2.64. The van der Waals surface area contributed by atoms with Crippen molar-refractivity contribution in [3.05, 3.63) is 0 Å². The quantitative estimate of drug-likeness (QED) is 0.503. The van der Waals surface area contributed by atoms with Gasteiger partial charge in [0, 0.05) is 11.3 Å². The number of alkyl halides is 2. The SMILES string of the molecule is CC1(C)[C@H]2CC[C@@]1(C)C(=O)C(Br)(Br)C2=O. The lowest BCUT2D eigenvalue weighted by Crippen LogP contribution is -2.58. The van der Waals surface area contributed by atoms with Crippen LogP contribution in [0.3, 0.4) is 0 Å². The Balaban J connectivity index is 2.61. The van der Waals surface area contributed by atoms with E-state index in [1.54, 1.807) is 0 Å². The van der Waals surface area contributed by atoms with Gasteiger partial charge in [-0.25, -0.2) is 0 Å². The lowest BCUT2D eigenvalue weighted by Gasteiger charge is -2.47.